The molecule has 2 aliphatic rings. The second kappa shape index (κ2) is 7.81. The van der Waals surface area contributed by atoms with E-state index in [2.05, 4.69) is 10.4 Å². The fourth-order valence-electron chi connectivity index (χ4n) is 3.84. The van der Waals surface area contributed by atoms with Crippen molar-refractivity contribution in [2.24, 2.45) is 0 Å². The average molecular weight is 412 g/mol. The number of nitrogens with zero attached hydrogens (tertiary/aromatic N) is 3. The lowest BCUT2D eigenvalue weighted by atomic mass is 9.91. The summed E-state index contributed by atoms with van der Waals surface area (Å²) in [6.07, 6.45) is 1.14. The van der Waals surface area contributed by atoms with Gasteiger partial charge in [-0.15, -0.1) is 0 Å². The Morgan fingerprint density at radius 2 is 2.00 bits per heavy atom. The molecule has 3 heterocycles. The van der Waals surface area contributed by atoms with Crippen LogP contribution in [0.15, 0.2) is 35.1 Å². The fourth-order valence-corrected chi connectivity index (χ4v) is 3.84. The topological polar surface area (TPSA) is 103 Å². The lowest BCUT2D eigenvalue weighted by Gasteiger charge is -2.41. The number of carbonyl (C=O) groups is 2. The maximum Gasteiger partial charge on any atom is 0.267 e. The Morgan fingerprint density at radius 3 is 2.73 bits per heavy atom. The highest BCUT2D eigenvalue weighted by Crippen LogP contribution is 2.34. The quantitative estimate of drug-likeness (QED) is 0.798. The molecule has 2 amide bonds. The zero-order valence-electron chi connectivity index (χ0n) is 17.0. The molecule has 9 nitrogen and oxygen atoms in total. The van der Waals surface area contributed by atoms with Gasteiger partial charge in [-0.25, -0.2) is 4.68 Å². The van der Waals surface area contributed by atoms with Crippen LogP contribution in [0.2, 0.25) is 0 Å². The van der Waals surface area contributed by atoms with Gasteiger partial charge in [-0.2, -0.15) is 5.10 Å². The highest BCUT2D eigenvalue weighted by Gasteiger charge is 2.41. The molecule has 0 unspecified atom stereocenters. The molecular weight excluding hydrogens is 388 g/mol. The second-order valence-corrected chi connectivity index (χ2v) is 7.68. The van der Waals surface area contributed by atoms with Gasteiger partial charge < -0.3 is 19.7 Å². The number of likely N-dealkylation sites (tertiary alicyclic amines) is 1. The van der Waals surface area contributed by atoms with Crippen molar-refractivity contribution in [3.63, 3.8) is 0 Å². The lowest BCUT2D eigenvalue weighted by Crippen LogP contribution is -2.54. The normalized spacial score (nSPS) is 17.5. The number of rotatable bonds is 3. The number of aromatic nitrogens is 2. The molecule has 1 aromatic heterocycles. The molecule has 1 fully saturated rings. The number of carbonyl (C=O) groups excluding carboxylic acids is 2. The van der Waals surface area contributed by atoms with Crippen LogP contribution in [-0.2, 0) is 11.3 Å². The van der Waals surface area contributed by atoms with Crippen molar-refractivity contribution in [1.29, 1.82) is 0 Å². The van der Waals surface area contributed by atoms with E-state index in [0.717, 1.165) is 0 Å². The third-order valence-corrected chi connectivity index (χ3v) is 5.64. The molecule has 0 aliphatic carbocycles. The molecule has 0 saturated carbocycles. The van der Waals surface area contributed by atoms with E-state index in [9.17, 15) is 14.4 Å². The van der Waals surface area contributed by atoms with Crippen molar-refractivity contribution in [3.05, 3.63) is 51.9 Å². The summed E-state index contributed by atoms with van der Waals surface area (Å²) in [6, 6.07) is 8.20. The molecule has 30 heavy (non-hydrogen) atoms. The van der Waals surface area contributed by atoms with Crippen LogP contribution in [-0.4, -0.2) is 58.8 Å². The summed E-state index contributed by atoms with van der Waals surface area (Å²) in [5.74, 6) is 0.738. The number of fused-ring (bicyclic) bond motifs is 1. The van der Waals surface area contributed by atoms with Gasteiger partial charge in [-0.05, 0) is 31.2 Å². The number of nitrogens with one attached hydrogen (secondary N) is 1. The average Bonchev–Trinajstić information content (AvgIpc) is 2.88. The van der Waals surface area contributed by atoms with Gasteiger partial charge in [0.05, 0.1) is 24.9 Å². The minimum Gasteiger partial charge on any atom is -0.497 e. The Bertz CT molecular complexity index is 1040. The predicted octanol–water partition coefficient (Wildman–Crippen LogP) is 0.744. The predicted molar refractivity (Wildman–Crippen MR) is 108 cm³/mol. The van der Waals surface area contributed by atoms with Gasteiger partial charge in [0.15, 0.2) is 0 Å². The van der Waals surface area contributed by atoms with Crippen molar-refractivity contribution >= 4 is 11.8 Å². The Balaban J connectivity index is 1.45. The van der Waals surface area contributed by atoms with E-state index in [4.69, 9.17) is 9.47 Å². The van der Waals surface area contributed by atoms with Gasteiger partial charge in [0.25, 0.3) is 11.5 Å². The van der Waals surface area contributed by atoms with E-state index in [-0.39, 0.29) is 23.9 Å². The third-order valence-electron chi connectivity index (χ3n) is 5.64. The first-order chi connectivity index (χ1) is 14.4. The molecule has 2 aromatic rings. The highest BCUT2D eigenvalue weighted by molar-refractivity contribution is 5.97. The van der Waals surface area contributed by atoms with E-state index in [1.54, 1.807) is 43.2 Å². The molecular formula is C21H24N4O5. The Morgan fingerprint density at radius 1 is 1.23 bits per heavy atom. The van der Waals surface area contributed by atoms with Crippen LogP contribution in [0.25, 0.3) is 0 Å². The molecule has 9 heteroatoms. The number of piperidine rings is 1. The number of hydrogen-bond acceptors (Lipinski definition) is 6. The van der Waals surface area contributed by atoms with Crippen LogP contribution >= 0.6 is 0 Å². The van der Waals surface area contributed by atoms with E-state index >= 15 is 0 Å². The minimum absolute atomic E-state index is 0.0895. The van der Waals surface area contributed by atoms with Crippen molar-refractivity contribution < 1.29 is 19.1 Å². The first kappa shape index (κ1) is 19.9. The second-order valence-electron chi connectivity index (χ2n) is 7.68. The SMILES string of the molecule is COc1ccc2c(c1)C(=O)NCC1(CCN(C(=O)Cn3nc(C)ccc3=O)CC1)O2. The van der Waals surface area contributed by atoms with Gasteiger partial charge in [-0.3, -0.25) is 14.4 Å². The molecule has 0 atom stereocenters. The van der Waals surface area contributed by atoms with Crippen LogP contribution in [0, 0.1) is 6.92 Å². The zero-order valence-corrected chi connectivity index (χ0v) is 17.0. The summed E-state index contributed by atoms with van der Waals surface area (Å²) >= 11 is 0. The monoisotopic (exact) mass is 412 g/mol. The van der Waals surface area contributed by atoms with Crippen molar-refractivity contribution in [2.45, 2.75) is 31.9 Å². The molecule has 1 N–H and O–H groups in total. The maximum absolute atomic E-state index is 12.7. The summed E-state index contributed by atoms with van der Waals surface area (Å²) in [4.78, 5) is 38.8. The Labute approximate surface area is 173 Å². The fraction of sp³-hybridized carbons (Fsp3) is 0.429. The molecule has 0 radical (unpaired) electrons. The van der Waals surface area contributed by atoms with Gasteiger partial charge in [-0.1, -0.05) is 0 Å². The van der Waals surface area contributed by atoms with Crippen LogP contribution in [0.3, 0.4) is 0 Å². The summed E-state index contributed by atoms with van der Waals surface area (Å²) in [5.41, 5.74) is 0.238. The van der Waals surface area contributed by atoms with Gasteiger partial charge in [0, 0.05) is 32.0 Å². The number of methoxy groups -OCH3 is 1. The van der Waals surface area contributed by atoms with Crippen molar-refractivity contribution in [3.8, 4) is 11.5 Å². The van der Waals surface area contributed by atoms with Crippen molar-refractivity contribution in [1.82, 2.24) is 20.0 Å². The Hall–Kier alpha value is -3.36. The van der Waals surface area contributed by atoms with E-state index in [1.165, 1.54) is 10.7 Å². The summed E-state index contributed by atoms with van der Waals surface area (Å²) in [7, 11) is 1.55. The maximum atomic E-state index is 12.7. The van der Waals surface area contributed by atoms with Gasteiger partial charge in [0.2, 0.25) is 5.91 Å². The number of benzene rings is 1. The number of aryl methyl sites for hydroxylation is 1. The van der Waals surface area contributed by atoms with Crippen LogP contribution in [0.5, 0.6) is 11.5 Å². The molecule has 1 spiro atoms. The molecule has 158 valence electrons. The van der Waals surface area contributed by atoms with E-state index < -0.39 is 5.60 Å². The van der Waals surface area contributed by atoms with E-state index in [1.807, 2.05) is 0 Å². The van der Waals surface area contributed by atoms with Crippen molar-refractivity contribution in [2.75, 3.05) is 26.7 Å². The summed E-state index contributed by atoms with van der Waals surface area (Å²) < 4.78 is 12.7. The smallest absolute Gasteiger partial charge is 0.267 e. The van der Waals surface area contributed by atoms with Crippen LogP contribution in [0.1, 0.15) is 28.9 Å². The number of hydrogen-bond donors (Lipinski definition) is 1. The Kier molecular flexibility index (Phi) is 5.19. The summed E-state index contributed by atoms with van der Waals surface area (Å²) in [6.45, 7) is 3.00. The third kappa shape index (κ3) is 3.87. The first-order valence-electron chi connectivity index (χ1n) is 9.87. The number of ether oxygens (including phenoxy) is 2. The van der Waals surface area contributed by atoms with Gasteiger partial charge >= 0.3 is 0 Å². The molecule has 2 aliphatic heterocycles. The van der Waals surface area contributed by atoms with Gasteiger partial charge in [0.1, 0.15) is 23.6 Å². The largest absolute Gasteiger partial charge is 0.497 e. The summed E-state index contributed by atoms with van der Waals surface area (Å²) in [5, 5.41) is 7.06. The standard InChI is InChI=1S/C21H24N4O5/c1-14-3-6-18(26)25(23-14)12-19(27)24-9-7-21(8-10-24)13-22-20(28)16-11-15(29-2)4-5-17(16)30-21/h3-6,11H,7-10,12-13H2,1-2H3,(H,22,28). The number of amides is 2. The van der Waals surface area contributed by atoms with Crippen LogP contribution in [0.4, 0.5) is 0 Å². The molecule has 1 saturated heterocycles. The van der Waals surface area contributed by atoms with E-state index in [0.29, 0.717) is 55.2 Å². The highest BCUT2D eigenvalue weighted by atomic mass is 16.5. The zero-order chi connectivity index (χ0) is 21.3. The minimum atomic E-state index is -0.579. The molecule has 1 aromatic carbocycles. The lowest BCUT2D eigenvalue weighted by molar-refractivity contribution is -0.135. The molecule has 4 rings (SSSR count). The first-order valence-corrected chi connectivity index (χ1v) is 9.87. The molecule has 0 bridgehead atoms. The van der Waals surface area contributed by atoms with Crippen LogP contribution < -0.4 is 20.3 Å².